The van der Waals surface area contributed by atoms with E-state index in [4.69, 9.17) is 9.47 Å². The summed E-state index contributed by atoms with van der Waals surface area (Å²) in [7, 11) is 1.67. The third-order valence-electron chi connectivity index (χ3n) is 2.74. The maximum atomic E-state index is 9.45. The summed E-state index contributed by atoms with van der Waals surface area (Å²) in [5.74, 6) is 0. The first kappa shape index (κ1) is 9.96. The van der Waals surface area contributed by atoms with Crippen LogP contribution in [0.1, 0.15) is 26.7 Å². The van der Waals surface area contributed by atoms with Crippen LogP contribution >= 0.6 is 0 Å². The van der Waals surface area contributed by atoms with Gasteiger partial charge in [0.15, 0.2) is 0 Å². The molecule has 1 N–H and O–H groups in total. The van der Waals surface area contributed by atoms with E-state index in [2.05, 4.69) is 0 Å². The van der Waals surface area contributed by atoms with E-state index in [9.17, 15) is 5.11 Å². The fraction of sp³-hybridized carbons (Fsp3) is 1.00. The standard InChI is InChI=1S/C9H18O3/c1-7(11-3)9(2)6-8(10)4-5-12-9/h7-8,10H,4-6H2,1-3H3. The zero-order chi connectivity index (χ0) is 9.19. The molecule has 3 unspecified atom stereocenters. The number of aliphatic hydroxyl groups excluding tert-OH is 1. The van der Waals surface area contributed by atoms with E-state index in [0.717, 1.165) is 6.42 Å². The molecule has 1 aliphatic rings. The lowest BCUT2D eigenvalue weighted by molar-refractivity contribution is -0.165. The summed E-state index contributed by atoms with van der Waals surface area (Å²) < 4.78 is 10.8. The summed E-state index contributed by atoms with van der Waals surface area (Å²) in [6.45, 7) is 4.59. The Kier molecular flexibility index (Phi) is 3.09. The van der Waals surface area contributed by atoms with Gasteiger partial charge in [-0.25, -0.2) is 0 Å². The number of methoxy groups -OCH3 is 1. The number of rotatable bonds is 2. The van der Waals surface area contributed by atoms with Crippen molar-refractivity contribution in [2.45, 2.75) is 44.5 Å². The Morgan fingerprint density at radius 2 is 2.33 bits per heavy atom. The molecule has 3 nitrogen and oxygen atoms in total. The number of hydrogen-bond acceptors (Lipinski definition) is 3. The molecule has 1 aliphatic heterocycles. The molecule has 1 fully saturated rings. The third kappa shape index (κ3) is 1.97. The largest absolute Gasteiger partial charge is 0.393 e. The highest BCUT2D eigenvalue weighted by Gasteiger charge is 2.37. The summed E-state index contributed by atoms with van der Waals surface area (Å²) >= 11 is 0. The minimum atomic E-state index is -0.313. The summed E-state index contributed by atoms with van der Waals surface area (Å²) in [5.41, 5.74) is -0.313. The van der Waals surface area contributed by atoms with E-state index in [1.54, 1.807) is 7.11 Å². The lowest BCUT2D eigenvalue weighted by Gasteiger charge is -2.40. The van der Waals surface area contributed by atoms with E-state index >= 15 is 0 Å². The van der Waals surface area contributed by atoms with E-state index in [1.807, 2.05) is 13.8 Å². The van der Waals surface area contributed by atoms with Gasteiger partial charge in [0.25, 0.3) is 0 Å². The second-order valence-electron chi connectivity index (χ2n) is 3.69. The van der Waals surface area contributed by atoms with Gasteiger partial charge in [-0.05, 0) is 20.3 Å². The Labute approximate surface area is 73.7 Å². The molecule has 0 saturated carbocycles. The van der Waals surface area contributed by atoms with Crippen molar-refractivity contribution < 1.29 is 14.6 Å². The van der Waals surface area contributed by atoms with Gasteiger partial charge in [-0.2, -0.15) is 0 Å². The predicted molar refractivity (Wildman–Crippen MR) is 46.1 cm³/mol. The first-order chi connectivity index (χ1) is 5.58. The van der Waals surface area contributed by atoms with Crippen molar-refractivity contribution in [3.8, 4) is 0 Å². The maximum absolute atomic E-state index is 9.45. The van der Waals surface area contributed by atoms with Crippen LogP contribution < -0.4 is 0 Å². The molecule has 0 spiro atoms. The van der Waals surface area contributed by atoms with Gasteiger partial charge in [0.05, 0.1) is 17.8 Å². The van der Waals surface area contributed by atoms with Crippen LogP contribution in [0.4, 0.5) is 0 Å². The average molecular weight is 174 g/mol. The van der Waals surface area contributed by atoms with Crippen molar-refractivity contribution >= 4 is 0 Å². The van der Waals surface area contributed by atoms with Gasteiger partial charge in [-0.15, -0.1) is 0 Å². The van der Waals surface area contributed by atoms with Gasteiger partial charge < -0.3 is 14.6 Å². The van der Waals surface area contributed by atoms with E-state index in [-0.39, 0.29) is 17.8 Å². The normalized spacial score (nSPS) is 39.5. The van der Waals surface area contributed by atoms with Crippen molar-refractivity contribution in [2.75, 3.05) is 13.7 Å². The lowest BCUT2D eigenvalue weighted by atomic mass is 9.89. The zero-order valence-corrected chi connectivity index (χ0v) is 8.04. The topological polar surface area (TPSA) is 38.7 Å². The fourth-order valence-corrected chi connectivity index (χ4v) is 1.59. The molecule has 1 saturated heterocycles. The van der Waals surface area contributed by atoms with Gasteiger partial charge in [0.2, 0.25) is 0 Å². The molecular formula is C9H18O3. The van der Waals surface area contributed by atoms with Crippen LogP contribution in [0.25, 0.3) is 0 Å². The average Bonchev–Trinajstić information content (AvgIpc) is 2.02. The molecule has 12 heavy (non-hydrogen) atoms. The van der Waals surface area contributed by atoms with E-state index in [1.165, 1.54) is 0 Å². The molecule has 0 aromatic rings. The second-order valence-corrected chi connectivity index (χ2v) is 3.69. The van der Waals surface area contributed by atoms with Gasteiger partial charge in [-0.1, -0.05) is 0 Å². The molecule has 1 heterocycles. The van der Waals surface area contributed by atoms with Gasteiger partial charge in [0.1, 0.15) is 0 Å². The number of ether oxygens (including phenoxy) is 2. The van der Waals surface area contributed by atoms with E-state index < -0.39 is 0 Å². The van der Waals surface area contributed by atoms with Crippen molar-refractivity contribution in [1.29, 1.82) is 0 Å². The van der Waals surface area contributed by atoms with Crippen LogP contribution in [0.5, 0.6) is 0 Å². The first-order valence-electron chi connectivity index (χ1n) is 4.43. The van der Waals surface area contributed by atoms with Crippen LogP contribution in [0, 0.1) is 0 Å². The van der Waals surface area contributed by atoms with Gasteiger partial charge >= 0.3 is 0 Å². The Balaban J connectivity index is 2.56. The van der Waals surface area contributed by atoms with Gasteiger partial charge in [0, 0.05) is 20.1 Å². The zero-order valence-electron chi connectivity index (χ0n) is 8.04. The van der Waals surface area contributed by atoms with Crippen LogP contribution in [0.15, 0.2) is 0 Å². The minimum Gasteiger partial charge on any atom is -0.393 e. The Bertz CT molecular complexity index is 149. The second kappa shape index (κ2) is 3.73. The van der Waals surface area contributed by atoms with Crippen LogP contribution in [-0.4, -0.2) is 36.6 Å². The molecule has 1 rings (SSSR count). The molecule has 0 aromatic heterocycles. The lowest BCUT2D eigenvalue weighted by Crippen LogP contribution is -2.47. The SMILES string of the molecule is COC(C)C1(C)CC(O)CCO1. The predicted octanol–water partition coefficient (Wildman–Crippen LogP) is 0.951. The third-order valence-corrected chi connectivity index (χ3v) is 2.74. The Hall–Kier alpha value is -0.120. The molecule has 0 bridgehead atoms. The quantitative estimate of drug-likeness (QED) is 0.677. The smallest absolute Gasteiger partial charge is 0.0936 e. The van der Waals surface area contributed by atoms with Crippen LogP contribution in [0.2, 0.25) is 0 Å². The highest BCUT2D eigenvalue weighted by Crippen LogP contribution is 2.29. The summed E-state index contributed by atoms with van der Waals surface area (Å²) in [4.78, 5) is 0. The molecule has 3 heteroatoms. The van der Waals surface area contributed by atoms with Crippen LogP contribution in [-0.2, 0) is 9.47 Å². The minimum absolute atomic E-state index is 0.0347. The van der Waals surface area contributed by atoms with Crippen LogP contribution in [0.3, 0.4) is 0 Å². The molecular weight excluding hydrogens is 156 g/mol. The number of hydrogen-bond donors (Lipinski definition) is 1. The van der Waals surface area contributed by atoms with Crippen molar-refractivity contribution in [2.24, 2.45) is 0 Å². The maximum Gasteiger partial charge on any atom is 0.0936 e. The highest BCUT2D eigenvalue weighted by molar-refractivity contribution is 4.87. The number of aliphatic hydroxyl groups is 1. The fourth-order valence-electron chi connectivity index (χ4n) is 1.59. The molecule has 3 atom stereocenters. The Morgan fingerprint density at radius 1 is 1.67 bits per heavy atom. The Morgan fingerprint density at radius 3 is 2.83 bits per heavy atom. The molecule has 72 valence electrons. The van der Waals surface area contributed by atoms with Crippen molar-refractivity contribution in [3.05, 3.63) is 0 Å². The highest BCUT2D eigenvalue weighted by atomic mass is 16.5. The van der Waals surface area contributed by atoms with Crippen molar-refractivity contribution in [3.63, 3.8) is 0 Å². The molecule has 0 amide bonds. The molecule has 0 aromatic carbocycles. The molecule has 0 radical (unpaired) electrons. The van der Waals surface area contributed by atoms with Gasteiger partial charge in [-0.3, -0.25) is 0 Å². The molecule has 0 aliphatic carbocycles. The van der Waals surface area contributed by atoms with E-state index in [0.29, 0.717) is 13.0 Å². The monoisotopic (exact) mass is 174 g/mol. The first-order valence-corrected chi connectivity index (χ1v) is 4.43. The van der Waals surface area contributed by atoms with Crippen molar-refractivity contribution in [1.82, 2.24) is 0 Å². The summed E-state index contributed by atoms with van der Waals surface area (Å²) in [6, 6.07) is 0. The summed E-state index contributed by atoms with van der Waals surface area (Å²) in [5, 5.41) is 9.45. The summed E-state index contributed by atoms with van der Waals surface area (Å²) in [6.07, 6.45) is 1.21.